The number of anilines is 1. The number of fused-ring (bicyclic) bond motifs is 1. The minimum absolute atomic E-state index is 0.456. The monoisotopic (exact) mass is 452 g/mol. The number of aromatic amines is 1. The molecule has 0 unspecified atom stereocenters. The number of nitrogens with zero attached hydrogens (tertiary/aromatic N) is 3. The second kappa shape index (κ2) is 8.99. The zero-order chi connectivity index (χ0) is 20.4. The van der Waals surface area contributed by atoms with E-state index in [1.807, 2.05) is 19.1 Å². The molecule has 3 aromatic rings. The number of aryl methyl sites for hydroxylation is 1. The Morgan fingerprint density at radius 1 is 1.21 bits per heavy atom. The molecule has 8 heteroatoms. The molecule has 0 saturated carbocycles. The maximum absolute atomic E-state index is 6.34. The van der Waals surface area contributed by atoms with Crippen LogP contribution in [0.4, 0.5) is 5.95 Å². The molecule has 3 heterocycles. The molecule has 0 bridgehead atoms. The highest BCUT2D eigenvalue weighted by atomic mass is 35.5. The molecule has 0 radical (unpaired) electrons. The number of hydrogen-bond donors (Lipinski definition) is 1. The van der Waals surface area contributed by atoms with Gasteiger partial charge in [-0.2, -0.15) is 4.98 Å². The van der Waals surface area contributed by atoms with E-state index >= 15 is 0 Å². The van der Waals surface area contributed by atoms with Gasteiger partial charge in [0.25, 0.3) is 0 Å². The fraction of sp³-hybridized carbons (Fsp3) is 0.429. The lowest BCUT2D eigenvalue weighted by molar-refractivity contribution is 0.333. The quantitative estimate of drug-likeness (QED) is 0.454. The normalized spacial score (nSPS) is 17.1. The average Bonchev–Trinajstić information content (AvgIpc) is 3.12. The smallest absolute Gasteiger partial charge is 0.205 e. The first-order valence-electron chi connectivity index (χ1n) is 9.91. The van der Waals surface area contributed by atoms with E-state index in [4.69, 9.17) is 39.5 Å². The highest BCUT2D eigenvalue weighted by molar-refractivity contribution is 6.35. The molecule has 1 atom stereocenters. The lowest BCUT2D eigenvalue weighted by Gasteiger charge is -2.32. The predicted molar refractivity (Wildman–Crippen MR) is 120 cm³/mol. The highest BCUT2D eigenvalue weighted by Crippen LogP contribution is 2.35. The third-order valence-electron chi connectivity index (χ3n) is 5.31. The summed E-state index contributed by atoms with van der Waals surface area (Å²) in [5.41, 5.74) is 2.63. The van der Waals surface area contributed by atoms with Gasteiger partial charge >= 0.3 is 0 Å². The van der Waals surface area contributed by atoms with Crippen molar-refractivity contribution < 1.29 is 4.74 Å². The van der Waals surface area contributed by atoms with Gasteiger partial charge in [-0.1, -0.05) is 34.8 Å². The van der Waals surface area contributed by atoms with Crippen molar-refractivity contribution >= 4 is 51.9 Å². The Labute approximate surface area is 185 Å². The number of halogens is 3. The van der Waals surface area contributed by atoms with Gasteiger partial charge in [-0.15, -0.1) is 0 Å². The van der Waals surface area contributed by atoms with Crippen LogP contribution in [0.3, 0.4) is 0 Å². The van der Waals surface area contributed by atoms with Gasteiger partial charge in [-0.25, -0.2) is 4.98 Å². The fourth-order valence-corrected chi connectivity index (χ4v) is 4.70. The van der Waals surface area contributed by atoms with Gasteiger partial charge in [0.05, 0.1) is 17.1 Å². The minimum Gasteiger partial charge on any atom is -0.492 e. The molecule has 1 aromatic carbocycles. The summed E-state index contributed by atoms with van der Waals surface area (Å²) in [6.45, 7) is 4.47. The van der Waals surface area contributed by atoms with Crippen molar-refractivity contribution in [3.8, 4) is 5.75 Å². The minimum atomic E-state index is 0.456. The number of H-pyrrole nitrogens is 1. The molecular formula is C21H23Cl3N4O. The third-order valence-corrected chi connectivity index (χ3v) is 6.02. The SMILES string of the molecule is CCOc1c(Cl)cc(Cl)cc1CC[C@H]1CCCN(c2nc3nc(Cl)ccc3[nH]2)C1. The Balaban J connectivity index is 1.45. The number of aromatic nitrogens is 3. The summed E-state index contributed by atoms with van der Waals surface area (Å²) < 4.78 is 5.76. The molecule has 1 N–H and O–H groups in total. The van der Waals surface area contributed by atoms with Gasteiger partial charge in [-0.05, 0) is 68.4 Å². The number of imidazole rings is 1. The molecule has 29 heavy (non-hydrogen) atoms. The molecular weight excluding hydrogens is 431 g/mol. The summed E-state index contributed by atoms with van der Waals surface area (Å²) in [6.07, 6.45) is 4.24. The van der Waals surface area contributed by atoms with Crippen LogP contribution in [0.25, 0.3) is 11.2 Å². The lowest BCUT2D eigenvalue weighted by Crippen LogP contribution is -2.36. The van der Waals surface area contributed by atoms with Crippen LogP contribution in [-0.2, 0) is 6.42 Å². The summed E-state index contributed by atoms with van der Waals surface area (Å²) >= 11 is 18.5. The molecule has 1 aliphatic rings. The van der Waals surface area contributed by atoms with E-state index < -0.39 is 0 Å². The lowest BCUT2D eigenvalue weighted by atomic mass is 9.91. The Morgan fingerprint density at radius 3 is 2.90 bits per heavy atom. The molecule has 1 aliphatic heterocycles. The number of rotatable bonds is 6. The first-order chi connectivity index (χ1) is 14.0. The fourth-order valence-electron chi connectivity index (χ4n) is 3.96. The van der Waals surface area contributed by atoms with Crippen LogP contribution in [0.1, 0.15) is 31.7 Å². The van der Waals surface area contributed by atoms with Crippen molar-refractivity contribution in [1.82, 2.24) is 15.0 Å². The van der Waals surface area contributed by atoms with Gasteiger partial charge < -0.3 is 14.6 Å². The molecule has 0 amide bonds. The van der Waals surface area contributed by atoms with E-state index in [1.165, 1.54) is 6.42 Å². The van der Waals surface area contributed by atoms with Gasteiger partial charge in [0.15, 0.2) is 5.65 Å². The second-order valence-electron chi connectivity index (χ2n) is 7.37. The van der Waals surface area contributed by atoms with Gasteiger partial charge in [0.1, 0.15) is 10.9 Å². The highest BCUT2D eigenvalue weighted by Gasteiger charge is 2.23. The summed E-state index contributed by atoms with van der Waals surface area (Å²) in [5.74, 6) is 2.17. The van der Waals surface area contributed by atoms with Gasteiger partial charge in [0.2, 0.25) is 5.95 Å². The second-order valence-corrected chi connectivity index (χ2v) is 8.60. The summed E-state index contributed by atoms with van der Waals surface area (Å²) in [6, 6.07) is 7.40. The maximum atomic E-state index is 6.34. The Kier molecular flexibility index (Phi) is 6.38. The van der Waals surface area contributed by atoms with E-state index in [2.05, 4.69) is 19.9 Å². The van der Waals surface area contributed by atoms with Crippen LogP contribution in [-0.4, -0.2) is 34.6 Å². The zero-order valence-electron chi connectivity index (χ0n) is 16.2. The van der Waals surface area contributed by atoms with Crippen LogP contribution in [0.15, 0.2) is 24.3 Å². The van der Waals surface area contributed by atoms with Crippen LogP contribution < -0.4 is 9.64 Å². The molecule has 4 rings (SSSR count). The van der Waals surface area contributed by atoms with Crippen LogP contribution in [0.5, 0.6) is 5.75 Å². The Bertz CT molecular complexity index is 1010. The molecule has 154 valence electrons. The first kappa shape index (κ1) is 20.6. The molecule has 5 nitrogen and oxygen atoms in total. The third kappa shape index (κ3) is 4.73. The predicted octanol–water partition coefficient (Wildman–Crippen LogP) is 6.17. The number of ether oxygens (including phenoxy) is 1. The van der Waals surface area contributed by atoms with Crippen molar-refractivity contribution in [3.05, 3.63) is 45.0 Å². The van der Waals surface area contributed by atoms with E-state index in [9.17, 15) is 0 Å². The molecule has 0 aliphatic carbocycles. The van der Waals surface area contributed by atoms with Crippen molar-refractivity contribution in [2.24, 2.45) is 5.92 Å². The number of benzene rings is 1. The number of piperidine rings is 1. The van der Waals surface area contributed by atoms with Crippen LogP contribution in [0, 0.1) is 5.92 Å². The van der Waals surface area contributed by atoms with Crippen molar-refractivity contribution in [2.75, 3.05) is 24.6 Å². The van der Waals surface area contributed by atoms with Crippen LogP contribution in [0.2, 0.25) is 15.2 Å². The average molecular weight is 454 g/mol. The number of hydrogen-bond acceptors (Lipinski definition) is 4. The number of pyridine rings is 1. The van der Waals surface area contributed by atoms with E-state index in [0.717, 1.165) is 55.1 Å². The summed E-state index contributed by atoms with van der Waals surface area (Å²) in [5, 5.41) is 1.68. The largest absolute Gasteiger partial charge is 0.492 e. The molecule has 1 saturated heterocycles. The van der Waals surface area contributed by atoms with Crippen LogP contribution >= 0.6 is 34.8 Å². The van der Waals surface area contributed by atoms with E-state index in [-0.39, 0.29) is 0 Å². The summed E-state index contributed by atoms with van der Waals surface area (Å²) in [7, 11) is 0. The maximum Gasteiger partial charge on any atom is 0.205 e. The molecule has 2 aromatic heterocycles. The van der Waals surface area contributed by atoms with E-state index in [0.29, 0.717) is 33.4 Å². The van der Waals surface area contributed by atoms with Crippen molar-refractivity contribution in [2.45, 2.75) is 32.6 Å². The van der Waals surface area contributed by atoms with Crippen molar-refractivity contribution in [3.63, 3.8) is 0 Å². The number of nitrogens with one attached hydrogen (secondary N) is 1. The standard InChI is InChI=1S/C21H23Cl3N4O/c1-2-29-19-14(10-15(22)11-16(19)23)6-5-13-4-3-9-28(12-13)21-25-17-7-8-18(24)26-20(17)27-21/h7-8,10-11,13H,2-6,9,12H2,1H3,(H,25,26,27)/t13-/m1/s1. The summed E-state index contributed by atoms with van der Waals surface area (Å²) in [4.78, 5) is 14.6. The Morgan fingerprint density at radius 2 is 2.07 bits per heavy atom. The topological polar surface area (TPSA) is 54.0 Å². The van der Waals surface area contributed by atoms with Gasteiger partial charge in [0, 0.05) is 18.1 Å². The van der Waals surface area contributed by atoms with Gasteiger partial charge in [-0.3, -0.25) is 0 Å². The zero-order valence-corrected chi connectivity index (χ0v) is 18.5. The van der Waals surface area contributed by atoms with Crippen molar-refractivity contribution in [1.29, 1.82) is 0 Å². The molecule has 0 spiro atoms. The van der Waals surface area contributed by atoms with E-state index in [1.54, 1.807) is 12.1 Å². The molecule has 1 fully saturated rings. The Hall–Kier alpha value is -1.69. The first-order valence-corrected chi connectivity index (χ1v) is 11.0.